The standard InChI is InChI=1S/C30H59N2O7P/c1-5-6-7-8-9-10-11-12-13-14-15-16-17-18-19-20-24-37-30(34)31-22-21-29(33)28(26-31)27-39-40(35,36)38-25-23-32(2,3)4/h28H,5-27H2,1-4H3/p+1. The first kappa shape index (κ1) is 37.0. The third kappa shape index (κ3) is 20.0. The van der Waals surface area contributed by atoms with E-state index in [9.17, 15) is 19.0 Å². The van der Waals surface area contributed by atoms with Crippen LogP contribution in [0.25, 0.3) is 0 Å². The Balaban J connectivity index is 2.05. The Labute approximate surface area is 244 Å². The van der Waals surface area contributed by atoms with Gasteiger partial charge in [-0.2, -0.15) is 0 Å². The van der Waals surface area contributed by atoms with Crippen LogP contribution in [0.1, 0.15) is 116 Å². The molecule has 0 aromatic carbocycles. The van der Waals surface area contributed by atoms with Gasteiger partial charge in [-0.15, -0.1) is 0 Å². The fourth-order valence-corrected chi connectivity index (χ4v) is 5.53. The quantitative estimate of drug-likeness (QED) is 0.0725. The number of ether oxygens (including phenoxy) is 1. The van der Waals surface area contributed by atoms with Crippen LogP contribution < -0.4 is 0 Å². The average molecular weight is 592 g/mol. The number of phosphoric ester groups is 1. The number of hydrogen-bond donors (Lipinski definition) is 1. The summed E-state index contributed by atoms with van der Waals surface area (Å²) in [5.41, 5.74) is 0. The minimum absolute atomic E-state index is 0.0632. The molecule has 40 heavy (non-hydrogen) atoms. The van der Waals surface area contributed by atoms with Gasteiger partial charge in [-0.3, -0.25) is 13.8 Å². The predicted molar refractivity (Wildman–Crippen MR) is 160 cm³/mol. The molecule has 1 saturated heterocycles. The fraction of sp³-hybridized carbons (Fsp3) is 0.933. The summed E-state index contributed by atoms with van der Waals surface area (Å²) in [6, 6.07) is 0. The van der Waals surface area contributed by atoms with Crippen LogP contribution >= 0.6 is 7.82 Å². The van der Waals surface area contributed by atoms with Crippen molar-refractivity contribution in [2.45, 2.75) is 116 Å². The molecule has 236 valence electrons. The number of phosphoric acid groups is 1. The van der Waals surface area contributed by atoms with Crippen LogP contribution in [0.3, 0.4) is 0 Å². The summed E-state index contributed by atoms with van der Waals surface area (Å²) in [6.45, 7) is 3.39. The van der Waals surface area contributed by atoms with Gasteiger partial charge in [-0.1, -0.05) is 103 Å². The molecule has 1 heterocycles. The Morgan fingerprint density at radius 2 is 1.35 bits per heavy atom. The van der Waals surface area contributed by atoms with E-state index in [1.807, 2.05) is 21.1 Å². The van der Waals surface area contributed by atoms with Gasteiger partial charge in [0.25, 0.3) is 0 Å². The van der Waals surface area contributed by atoms with E-state index in [0.29, 0.717) is 24.2 Å². The normalized spacial score (nSPS) is 17.7. The van der Waals surface area contributed by atoms with E-state index in [2.05, 4.69) is 6.92 Å². The summed E-state index contributed by atoms with van der Waals surface area (Å²) in [4.78, 5) is 36.1. The number of nitrogens with zero attached hydrogens (tertiary/aromatic N) is 2. The highest BCUT2D eigenvalue weighted by molar-refractivity contribution is 7.47. The molecular formula is C30H60N2O7P+. The lowest BCUT2D eigenvalue weighted by Gasteiger charge is -2.31. The maximum atomic E-state index is 12.5. The maximum absolute atomic E-state index is 12.5. The molecule has 1 N–H and O–H groups in total. The van der Waals surface area contributed by atoms with Crippen LogP contribution in [0, 0.1) is 5.92 Å². The van der Waals surface area contributed by atoms with Crippen LogP contribution in [0.2, 0.25) is 0 Å². The van der Waals surface area contributed by atoms with Crippen molar-refractivity contribution in [3.8, 4) is 0 Å². The van der Waals surface area contributed by atoms with Crippen molar-refractivity contribution in [3.05, 3.63) is 0 Å². The molecule has 10 heteroatoms. The number of unbranched alkanes of at least 4 members (excludes halogenated alkanes) is 15. The Kier molecular flexibility index (Phi) is 20.1. The fourth-order valence-electron chi connectivity index (χ4n) is 4.77. The van der Waals surface area contributed by atoms with E-state index in [1.54, 1.807) is 0 Å². The van der Waals surface area contributed by atoms with E-state index in [-0.39, 0.29) is 32.0 Å². The molecule has 0 radical (unpaired) electrons. The van der Waals surface area contributed by atoms with Gasteiger partial charge in [0.2, 0.25) is 0 Å². The predicted octanol–water partition coefficient (Wildman–Crippen LogP) is 7.12. The second kappa shape index (κ2) is 21.7. The zero-order valence-electron chi connectivity index (χ0n) is 26.1. The summed E-state index contributed by atoms with van der Waals surface area (Å²) in [6.07, 6.45) is 20.4. The SMILES string of the molecule is CCCCCCCCCCCCCCCCCCOC(=O)N1CCC(=O)C(COP(=O)(O)OCC[N+](C)(C)C)C1. The number of ketones is 1. The molecule has 0 bridgehead atoms. The van der Waals surface area contributed by atoms with Crippen LogP contribution in [-0.2, 0) is 23.1 Å². The summed E-state index contributed by atoms with van der Waals surface area (Å²) in [5, 5.41) is 0. The highest BCUT2D eigenvalue weighted by Gasteiger charge is 2.33. The van der Waals surface area contributed by atoms with E-state index >= 15 is 0 Å². The lowest BCUT2D eigenvalue weighted by molar-refractivity contribution is -0.870. The number of likely N-dealkylation sites (N-methyl/N-ethyl adjacent to an activating group) is 1. The van der Waals surface area contributed by atoms with Crippen LogP contribution in [0.4, 0.5) is 4.79 Å². The Morgan fingerprint density at radius 3 is 1.85 bits per heavy atom. The number of Topliss-reactive ketones (excluding diaryl/α,β-unsaturated/α-hetero) is 1. The van der Waals surface area contributed by atoms with Crippen molar-refractivity contribution in [1.82, 2.24) is 4.90 Å². The molecule has 0 spiro atoms. The first-order chi connectivity index (χ1) is 19.0. The highest BCUT2D eigenvalue weighted by Crippen LogP contribution is 2.43. The van der Waals surface area contributed by atoms with Gasteiger partial charge in [0, 0.05) is 19.5 Å². The molecule has 0 aromatic rings. The van der Waals surface area contributed by atoms with Gasteiger partial charge >= 0.3 is 13.9 Å². The second-order valence-corrected chi connectivity index (χ2v) is 13.8. The number of rotatable bonds is 24. The van der Waals surface area contributed by atoms with E-state index in [1.165, 1.54) is 88.4 Å². The molecular weight excluding hydrogens is 531 g/mol. The van der Waals surface area contributed by atoms with E-state index in [4.69, 9.17) is 13.8 Å². The molecule has 1 aliphatic heterocycles. The number of quaternary nitrogens is 1. The van der Waals surface area contributed by atoms with Crippen molar-refractivity contribution in [2.75, 3.05) is 60.6 Å². The number of carbonyl (C=O) groups excluding carboxylic acids is 2. The number of piperidine rings is 1. The maximum Gasteiger partial charge on any atom is 0.472 e. The van der Waals surface area contributed by atoms with Crippen molar-refractivity contribution in [3.63, 3.8) is 0 Å². The molecule has 0 aliphatic carbocycles. The third-order valence-electron chi connectivity index (χ3n) is 7.46. The monoisotopic (exact) mass is 591 g/mol. The van der Waals surface area contributed by atoms with Crippen LogP contribution in [0.15, 0.2) is 0 Å². The Hall–Kier alpha value is -0.990. The molecule has 2 atom stereocenters. The second-order valence-electron chi connectivity index (χ2n) is 12.4. The van der Waals surface area contributed by atoms with Crippen molar-refractivity contribution in [1.29, 1.82) is 0 Å². The van der Waals surface area contributed by atoms with Gasteiger partial charge in [0.05, 0.1) is 40.3 Å². The zero-order chi connectivity index (χ0) is 29.7. The third-order valence-corrected chi connectivity index (χ3v) is 8.45. The summed E-state index contributed by atoms with van der Waals surface area (Å²) < 4.78 is 28.2. The molecule has 0 saturated carbocycles. The molecule has 2 unspecified atom stereocenters. The Morgan fingerprint density at radius 1 is 0.850 bits per heavy atom. The molecule has 0 aromatic heterocycles. The summed E-state index contributed by atoms with van der Waals surface area (Å²) in [7, 11) is 1.58. The first-order valence-corrected chi connectivity index (χ1v) is 17.4. The van der Waals surface area contributed by atoms with Gasteiger partial charge in [-0.25, -0.2) is 9.36 Å². The summed E-state index contributed by atoms with van der Waals surface area (Å²) >= 11 is 0. The number of carbonyl (C=O) groups is 2. The minimum atomic E-state index is -4.26. The van der Waals surface area contributed by atoms with Crippen molar-refractivity contribution in [2.24, 2.45) is 5.92 Å². The first-order valence-electron chi connectivity index (χ1n) is 15.9. The summed E-state index contributed by atoms with van der Waals surface area (Å²) in [5.74, 6) is -0.757. The molecule has 1 aliphatic rings. The number of amides is 1. The Bertz CT molecular complexity index is 729. The number of hydrogen-bond acceptors (Lipinski definition) is 6. The van der Waals surface area contributed by atoms with E-state index in [0.717, 1.165) is 19.3 Å². The van der Waals surface area contributed by atoms with Crippen molar-refractivity contribution < 1.29 is 37.3 Å². The number of likely N-dealkylation sites (tertiary alicyclic amines) is 1. The molecule has 9 nitrogen and oxygen atoms in total. The van der Waals surface area contributed by atoms with Crippen molar-refractivity contribution >= 4 is 19.7 Å². The van der Waals surface area contributed by atoms with E-state index < -0.39 is 19.8 Å². The lowest BCUT2D eigenvalue weighted by Crippen LogP contribution is -2.45. The van der Waals surface area contributed by atoms with Crippen LogP contribution in [0.5, 0.6) is 0 Å². The molecule has 1 amide bonds. The van der Waals surface area contributed by atoms with Gasteiger partial charge in [0.15, 0.2) is 0 Å². The largest absolute Gasteiger partial charge is 0.472 e. The van der Waals surface area contributed by atoms with Crippen LogP contribution in [-0.4, -0.2) is 86.8 Å². The minimum Gasteiger partial charge on any atom is -0.449 e. The average Bonchev–Trinajstić information content (AvgIpc) is 2.89. The molecule has 1 rings (SSSR count). The smallest absolute Gasteiger partial charge is 0.449 e. The molecule has 1 fully saturated rings. The lowest BCUT2D eigenvalue weighted by atomic mass is 9.98. The topological polar surface area (TPSA) is 102 Å². The van der Waals surface area contributed by atoms with Gasteiger partial charge in [0.1, 0.15) is 18.9 Å². The highest BCUT2D eigenvalue weighted by atomic mass is 31.2. The van der Waals surface area contributed by atoms with Gasteiger partial charge < -0.3 is 19.0 Å². The van der Waals surface area contributed by atoms with Gasteiger partial charge in [-0.05, 0) is 6.42 Å². The zero-order valence-corrected chi connectivity index (χ0v) is 27.0.